The standard InChI is InChI=1S/C17H18N6OS/c1-3-18-15-14-11-4-5-23(8-13(11)25-16(14)22-9-21-15)17(24)12-7-19-10(2)6-20-12/h6-7,9H,3-5,8H2,1-2H3,(H,18,21,22). The minimum atomic E-state index is -0.0754. The molecule has 4 heterocycles. The van der Waals surface area contributed by atoms with Crippen LogP contribution in [-0.4, -0.2) is 43.8 Å². The Balaban J connectivity index is 1.65. The second-order valence-corrected chi connectivity index (χ2v) is 7.04. The maximum atomic E-state index is 12.7. The van der Waals surface area contributed by atoms with E-state index >= 15 is 0 Å². The second-order valence-electron chi connectivity index (χ2n) is 5.96. The molecule has 0 unspecified atom stereocenters. The Morgan fingerprint density at radius 3 is 2.92 bits per heavy atom. The number of aryl methyl sites for hydroxylation is 1. The van der Waals surface area contributed by atoms with E-state index in [0.717, 1.165) is 34.7 Å². The first kappa shape index (κ1) is 15.9. The van der Waals surface area contributed by atoms with Crippen molar-refractivity contribution in [3.05, 3.63) is 40.5 Å². The van der Waals surface area contributed by atoms with Crippen molar-refractivity contribution in [1.82, 2.24) is 24.8 Å². The zero-order chi connectivity index (χ0) is 17.4. The maximum Gasteiger partial charge on any atom is 0.274 e. The highest BCUT2D eigenvalue weighted by molar-refractivity contribution is 7.19. The van der Waals surface area contributed by atoms with Gasteiger partial charge in [0, 0.05) is 24.2 Å². The van der Waals surface area contributed by atoms with Gasteiger partial charge in [-0.2, -0.15) is 0 Å². The minimum Gasteiger partial charge on any atom is -0.370 e. The lowest BCUT2D eigenvalue weighted by atomic mass is 10.0. The van der Waals surface area contributed by atoms with Crippen molar-refractivity contribution < 1.29 is 4.79 Å². The number of aromatic nitrogens is 4. The molecular formula is C17H18N6OS. The molecule has 4 rings (SSSR count). The van der Waals surface area contributed by atoms with Crippen LogP contribution in [0.2, 0.25) is 0 Å². The number of carbonyl (C=O) groups is 1. The highest BCUT2D eigenvalue weighted by atomic mass is 32.1. The van der Waals surface area contributed by atoms with Crippen LogP contribution in [0.4, 0.5) is 5.82 Å². The summed E-state index contributed by atoms with van der Waals surface area (Å²) in [6.07, 6.45) is 5.56. The van der Waals surface area contributed by atoms with Crippen molar-refractivity contribution in [2.24, 2.45) is 0 Å². The largest absolute Gasteiger partial charge is 0.370 e. The van der Waals surface area contributed by atoms with Crippen LogP contribution >= 0.6 is 11.3 Å². The van der Waals surface area contributed by atoms with E-state index in [1.165, 1.54) is 10.4 Å². The van der Waals surface area contributed by atoms with E-state index in [9.17, 15) is 4.79 Å². The van der Waals surface area contributed by atoms with Gasteiger partial charge in [-0.25, -0.2) is 15.0 Å². The lowest BCUT2D eigenvalue weighted by molar-refractivity contribution is 0.0731. The molecule has 128 valence electrons. The van der Waals surface area contributed by atoms with Crippen LogP contribution in [0.1, 0.15) is 33.5 Å². The van der Waals surface area contributed by atoms with Gasteiger partial charge in [-0.1, -0.05) is 0 Å². The van der Waals surface area contributed by atoms with Crippen LogP contribution < -0.4 is 5.32 Å². The van der Waals surface area contributed by atoms with Gasteiger partial charge in [0.1, 0.15) is 22.7 Å². The number of anilines is 1. The third-order valence-corrected chi connectivity index (χ3v) is 5.39. The molecule has 0 saturated carbocycles. The Kier molecular flexibility index (Phi) is 4.04. The molecule has 3 aromatic rings. The predicted octanol–water partition coefficient (Wildman–Crippen LogP) is 2.42. The summed E-state index contributed by atoms with van der Waals surface area (Å²) in [7, 11) is 0. The molecule has 8 heteroatoms. The summed E-state index contributed by atoms with van der Waals surface area (Å²) in [6, 6.07) is 0. The van der Waals surface area contributed by atoms with E-state index in [2.05, 4.69) is 32.2 Å². The zero-order valence-electron chi connectivity index (χ0n) is 14.1. The normalized spacial score (nSPS) is 13.8. The van der Waals surface area contributed by atoms with Gasteiger partial charge in [-0.05, 0) is 25.8 Å². The van der Waals surface area contributed by atoms with Gasteiger partial charge in [0.25, 0.3) is 5.91 Å². The number of amides is 1. The van der Waals surface area contributed by atoms with E-state index < -0.39 is 0 Å². The molecular weight excluding hydrogens is 336 g/mol. The number of nitrogens with zero attached hydrogens (tertiary/aromatic N) is 5. The number of fused-ring (bicyclic) bond motifs is 3. The first-order valence-corrected chi connectivity index (χ1v) is 9.06. The quantitative estimate of drug-likeness (QED) is 0.778. The zero-order valence-corrected chi connectivity index (χ0v) is 14.9. The summed E-state index contributed by atoms with van der Waals surface area (Å²) in [5.74, 6) is 0.808. The van der Waals surface area contributed by atoms with Gasteiger partial charge in [0.2, 0.25) is 0 Å². The molecule has 0 aliphatic carbocycles. The second kappa shape index (κ2) is 6.36. The first-order valence-electron chi connectivity index (χ1n) is 8.24. The number of nitrogens with one attached hydrogen (secondary N) is 1. The third-order valence-electron chi connectivity index (χ3n) is 4.27. The molecule has 25 heavy (non-hydrogen) atoms. The summed E-state index contributed by atoms with van der Waals surface area (Å²) >= 11 is 1.64. The summed E-state index contributed by atoms with van der Waals surface area (Å²) in [6.45, 7) is 5.96. The van der Waals surface area contributed by atoms with Gasteiger partial charge in [-0.15, -0.1) is 11.3 Å². The highest BCUT2D eigenvalue weighted by Crippen LogP contribution is 2.37. The summed E-state index contributed by atoms with van der Waals surface area (Å²) in [5, 5.41) is 4.41. The summed E-state index contributed by atoms with van der Waals surface area (Å²) < 4.78 is 0. The van der Waals surface area contributed by atoms with E-state index in [0.29, 0.717) is 18.8 Å². The SMILES string of the molecule is CCNc1ncnc2sc3c(c12)CCN(C(=O)c1cnc(C)cn1)C3. The third kappa shape index (κ3) is 2.82. The molecule has 1 aliphatic rings. The van der Waals surface area contributed by atoms with Crippen LogP contribution in [0.5, 0.6) is 0 Å². The van der Waals surface area contributed by atoms with E-state index in [1.54, 1.807) is 30.1 Å². The van der Waals surface area contributed by atoms with Crippen molar-refractivity contribution in [3.63, 3.8) is 0 Å². The number of thiophene rings is 1. The van der Waals surface area contributed by atoms with Crippen LogP contribution in [0.15, 0.2) is 18.7 Å². The van der Waals surface area contributed by atoms with Crippen LogP contribution in [0, 0.1) is 6.92 Å². The Morgan fingerprint density at radius 1 is 1.28 bits per heavy atom. The lowest BCUT2D eigenvalue weighted by Gasteiger charge is -2.26. The van der Waals surface area contributed by atoms with E-state index in [4.69, 9.17) is 0 Å². The molecule has 0 fully saturated rings. The average molecular weight is 354 g/mol. The average Bonchev–Trinajstić information content (AvgIpc) is 3.00. The molecule has 0 saturated heterocycles. The molecule has 1 aliphatic heterocycles. The van der Waals surface area contributed by atoms with Crippen molar-refractivity contribution in [1.29, 1.82) is 0 Å². The number of carbonyl (C=O) groups excluding carboxylic acids is 1. The summed E-state index contributed by atoms with van der Waals surface area (Å²) in [4.78, 5) is 33.8. The molecule has 0 bridgehead atoms. The Hall–Kier alpha value is -2.61. The number of hydrogen-bond donors (Lipinski definition) is 1. The van der Waals surface area contributed by atoms with Crippen molar-refractivity contribution in [2.75, 3.05) is 18.4 Å². The molecule has 0 aromatic carbocycles. The van der Waals surface area contributed by atoms with Gasteiger partial charge in [0.15, 0.2) is 0 Å². The number of hydrogen-bond acceptors (Lipinski definition) is 7. The molecule has 1 N–H and O–H groups in total. The lowest BCUT2D eigenvalue weighted by Crippen LogP contribution is -2.35. The maximum absolute atomic E-state index is 12.7. The fourth-order valence-corrected chi connectivity index (χ4v) is 4.27. The monoisotopic (exact) mass is 354 g/mol. The minimum absolute atomic E-state index is 0.0754. The molecule has 7 nitrogen and oxygen atoms in total. The van der Waals surface area contributed by atoms with Crippen molar-refractivity contribution in [2.45, 2.75) is 26.8 Å². The van der Waals surface area contributed by atoms with Crippen molar-refractivity contribution >= 4 is 33.3 Å². The number of rotatable bonds is 3. The molecule has 0 spiro atoms. The highest BCUT2D eigenvalue weighted by Gasteiger charge is 2.27. The Morgan fingerprint density at radius 2 is 2.16 bits per heavy atom. The van der Waals surface area contributed by atoms with E-state index in [1.807, 2.05) is 11.8 Å². The van der Waals surface area contributed by atoms with Crippen LogP contribution in [0.25, 0.3) is 10.2 Å². The van der Waals surface area contributed by atoms with Gasteiger partial charge in [-0.3, -0.25) is 9.78 Å². The molecule has 0 atom stereocenters. The molecule has 0 radical (unpaired) electrons. The summed E-state index contributed by atoms with van der Waals surface area (Å²) in [5.41, 5.74) is 2.45. The fourth-order valence-electron chi connectivity index (χ4n) is 3.07. The van der Waals surface area contributed by atoms with Crippen LogP contribution in [-0.2, 0) is 13.0 Å². The van der Waals surface area contributed by atoms with Crippen molar-refractivity contribution in [3.8, 4) is 0 Å². The smallest absolute Gasteiger partial charge is 0.274 e. The van der Waals surface area contributed by atoms with Crippen LogP contribution in [0.3, 0.4) is 0 Å². The first-order chi connectivity index (χ1) is 12.2. The predicted molar refractivity (Wildman–Crippen MR) is 96.8 cm³/mol. The molecule has 1 amide bonds. The Labute approximate surface area is 149 Å². The van der Waals surface area contributed by atoms with Gasteiger partial charge >= 0.3 is 0 Å². The van der Waals surface area contributed by atoms with E-state index in [-0.39, 0.29) is 5.91 Å². The van der Waals surface area contributed by atoms with Gasteiger partial charge < -0.3 is 10.2 Å². The fraction of sp³-hybridized carbons (Fsp3) is 0.353. The molecule has 3 aromatic heterocycles. The van der Waals surface area contributed by atoms with Gasteiger partial charge in [0.05, 0.1) is 23.8 Å². The Bertz CT molecular complexity index is 936. The topological polar surface area (TPSA) is 83.9 Å².